The van der Waals surface area contributed by atoms with Gasteiger partial charge in [0.15, 0.2) is 5.82 Å². The summed E-state index contributed by atoms with van der Waals surface area (Å²) >= 11 is 0. The Bertz CT molecular complexity index is 988. The number of amidine groups is 1. The number of hydrogen-bond donors (Lipinski definition) is 2. The number of nitrogens with one attached hydrogen (secondary N) is 1. The van der Waals surface area contributed by atoms with Gasteiger partial charge in [-0.15, -0.1) is 0 Å². The number of carbonyl (C=O) groups excluding carboxylic acids is 1. The molecule has 2 fully saturated rings. The SMILES string of the molecule is COC1CN(c2ncc(C3CCN(c4cccc(COC(=O)CC(=N)N)c4F)CC3)cn2)C1. The molecule has 4 rings (SSSR count). The van der Waals surface area contributed by atoms with Gasteiger partial charge in [-0.1, -0.05) is 12.1 Å². The third-order valence-corrected chi connectivity index (χ3v) is 6.21. The molecule has 0 atom stereocenters. The van der Waals surface area contributed by atoms with Gasteiger partial charge in [-0.05, 0) is 30.4 Å². The Morgan fingerprint density at radius 2 is 1.91 bits per heavy atom. The minimum absolute atomic E-state index is 0.186. The Balaban J connectivity index is 1.32. The molecule has 2 saturated heterocycles. The minimum Gasteiger partial charge on any atom is -0.460 e. The molecule has 0 unspecified atom stereocenters. The van der Waals surface area contributed by atoms with Crippen molar-refractivity contribution in [1.82, 2.24) is 9.97 Å². The first-order chi connectivity index (χ1) is 15.9. The van der Waals surface area contributed by atoms with Crippen LogP contribution in [0.4, 0.5) is 16.0 Å². The van der Waals surface area contributed by atoms with Crippen LogP contribution in [0.2, 0.25) is 0 Å². The van der Waals surface area contributed by atoms with Crippen molar-refractivity contribution in [1.29, 1.82) is 5.41 Å². The smallest absolute Gasteiger partial charge is 0.313 e. The standard InChI is InChI=1S/C23H29FN6O3/c1-32-18-12-30(13-18)23-27-10-17(11-28-23)15-5-7-29(8-6-15)19-4-2-3-16(22(19)24)14-33-21(31)9-20(25)26/h2-4,10-11,15,18H,5-9,12-14H2,1H3,(H3,25,26). The van der Waals surface area contributed by atoms with Crippen molar-refractivity contribution in [3.8, 4) is 0 Å². The fourth-order valence-electron chi connectivity index (χ4n) is 4.20. The first-order valence-corrected chi connectivity index (χ1v) is 11.0. The van der Waals surface area contributed by atoms with E-state index in [1.807, 2.05) is 17.3 Å². The Morgan fingerprint density at radius 1 is 1.21 bits per heavy atom. The molecule has 3 heterocycles. The van der Waals surface area contributed by atoms with E-state index in [0.717, 1.165) is 37.4 Å². The summed E-state index contributed by atoms with van der Waals surface area (Å²) in [5.41, 5.74) is 7.11. The van der Waals surface area contributed by atoms with Crippen molar-refractivity contribution >= 4 is 23.4 Å². The van der Waals surface area contributed by atoms with Crippen molar-refractivity contribution in [3.63, 3.8) is 0 Å². The van der Waals surface area contributed by atoms with Gasteiger partial charge in [-0.3, -0.25) is 10.2 Å². The van der Waals surface area contributed by atoms with E-state index >= 15 is 4.39 Å². The first kappa shape index (κ1) is 22.9. The average molecular weight is 457 g/mol. The third kappa shape index (κ3) is 5.39. The highest BCUT2D eigenvalue weighted by Gasteiger charge is 2.29. The summed E-state index contributed by atoms with van der Waals surface area (Å²) in [6, 6.07) is 5.10. The number of methoxy groups -OCH3 is 1. The zero-order valence-corrected chi connectivity index (χ0v) is 18.7. The van der Waals surface area contributed by atoms with E-state index in [1.165, 1.54) is 0 Å². The van der Waals surface area contributed by atoms with E-state index in [4.69, 9.17) is 20.6 Å². The molecular weight excluding hydrogens is 427 g/mol. The van der Waals surface area contributed by atoms with Gasteiger partial charge in [0.25, 0.3) is 0 Å². The quantitative estimate of drug-likeness (QED) is 0.353. The van der Waals surface area contributed by atoms with Crippen LogP contribution < -0.4 is 15.5 Å². The normalized spacial score (nSPS) is 17.0. The number of halogens is 1. The van der Waals surface area contributed by atoms with Crippen LogP contribution in [0.15, 0.2) is 30.6 Å². The summed E-state index contributed by atoms with van der Waals surface area (Å²) < 4.78 is 25.4. The molecule has 9 nitrogen and oxygen atoms in total. The number of hydrogen-bond acceptors (Lipinski definition) is 8. The fourth-order valence-corrected chi connectivity index (χ4v) is 4.20. The van der Waals surface area contributed by atoms with Crippen LogP contribution in [-0.2, 0) is 20.9 Å². The van der Waals surface area contributed by atoms with Gasteiger partial charge >= 0.3 is 5.97 Å². The number of piperidine rings is 1. The maximum absolute atomic E-state index is 15.1. The van der Waals surface area contributed by atoms with E-state index in [1.54, 1.807) is 25.3 Å². The number of benzene rings is 1. The number of ether oxygens (including phenoxy) is 2. The molecule has 0 radical (unpaired) electrons. The van der Waals surface area contributed by atoms with Crippen molar-refractivity contribution in [2.75, 3.05) is 43.1 Å². The lowest BCUT2D eigenvalue weighted by molar-refractivity contribution is -0.143. The summed E-state index contributed by atoms with van der Waals surface area (Å²) in [5, 5.41) is 7.13. The van der Waals surface area contributed by atoms with Gasteiger partial charge < -0.3 is 25.0 Å². The molecule has 0 aliphatic carbocycles. The molecule has 0 amide bonds. The van der Waals surface area contributed by atoms with E-state index in [9.17, 15) is 4.79 Å². The molecular formula is C23H29FN6O3. The number of aromatic nitrogens is 2. The predicted molar refractivity (Wildman–Crippen MR) is 122 cm³/mol. The van der Waals surface area contributed by atoms with Gasteiger partial charge in [0.1, 0.15) is 18.9 Å². The van der Waals surface area contributed by atoms with Gasteiger partial charge in [-0.2, -0.15) is 0 Å². The lowest BCUT2D eigenvalue weighted by Gasteiger charge is -2.38. The summed E-state index contributed by atoms with van der Waals surface area (Å²) in [5.74, 6) is -0.251. The van der Waals surface area contributed by atoms with E-state index in [0.29, 0.717) is 30.3 Å². The maximum atomic E-state index is 15.1. The van der Waals surface area contributed by atoms with Crippen LogP contribution in [-0.4, -0.2) is 61.2 Å². The second-order valence-corrected chi connectivity index (χ2v) is 8.45. The molecule has 1 aromatic heterocycles. The topological polar surface area (TPSA) is 118 Å². The van der Waals surface area contributed by atoms with Gasteiger partial charge in [0.2, 0.25) is 5.95 Å². The zero-order valence-electron chi connectivity index (χ0n) is 18.7. The zero-order chi connectivity index (χ0) is 23.4. The summed E-state index contributed by atoms with van der Waals surface area (Å²) in [6.07, 6.45) is 5.50. The van der Waals surface area contributed by atoms with E-state index < -0.39 is 5.97 Å². The number of nitrogens with two attached hydrogens (primary N) is 1. The van der Waals surface area contributed by atoms with E-state index in [2.05, 4.69) is 14.9 Å². The van der Waals surface area contributed by atoms with Crippen molar-refractivity contribution in [2.24, 2.45) is 5.73 Å². The lowest BCUT2D eigenvalue weighted by Crippen LogP contribution is -2.52. The molecule has 0 saturated carbocycles. The Hall–Kier alpha value is -3.27. The molecule has 176 valence electrons. The summed E-state index contributed by atoms with van der Waals surface area (Å²) in [7, 11) is 1.71. The van der Waals surface area contributed by atoms with Crippen LogP contribution in [0.25, 0.3) is 0 Å². The second kappa shape index (κ2) is 10.1. The number of anilines is 2. The summed E-state index contributed by atoms with van der Waals surface area (Å²) in [6.45, 7) is 2.86. The average Bonchev–Trinajstić information content (AvgIpc) is 2.78. The molecule has 10 heteroatoms. The van der Waals surface area contributed by atoms with Crippen molar-refractivity contribution in [2.45, 2.75) is 37.9 Å². The lowest BCUT2D eigenvalue weighted by atomic mass is 9.91. The Morgan fingerprint density at radius 3 is 2.55 bits per heavy atom. The van der Waals surface area contributed by atoms with Crippen molar-refractivity contribution < 1.29 is 18.7 Å². The monoisotopic (exact) mass is 456 g/mol. The molecule has 0 spiro atoms. The van der Waals surface area contributed by atoms with E-state index in [-0.39, 0.29) is 30.8 Å². The van der Waals surface area contributed by atoms with Crippen LogP contribution in [0.5, 0.6) is 0 Å². The molecule has 2 aromatic rings. The second-order valence-electron chi connectivity index (χ2n) is 8.45. The van der Waals surface area contributed by atoms with Crippen molar-refractivity contribution in [3.05, 3.63) is 47.5 Å². The van der Waals surface area contributed by atoms with Gasteiger partial charge in [0.05, 0.1) is 11.8 Å². The number of nitrogens with zero attached hydrogens (tertiary/aromatic N) is 4. The van der Waals surface area contributed by atoms with Crippen LogP contribution in [0.3, 0.4) is 0 Å². The highest BCUT2D eigenvalue weighted by Crippen LogP contribution is 2.32. The van der Waals surface area contributed by atoms with Crippen LogP contribution in [0.1, 0.15) is 36.3 Å². The third-order valence-electron chi connectivity index (χ3n) is 6.21. The largest absolute Gasteiger partial charge is 0.460 e. The molecule has 33 heavy (non-hydrogen) atoms. The molecule has 0 bridgehead atoms. The van der Waals surface area contributed by atoms with Gasteiger partial charge in [0, 0.05) is 51.2 Å². The first-order valence-electron chi connectivity index (χ1n) is 11.0. The number of rotatable bonds is 8. The number of carbonyl (C=O) groups is 1. The van der Waals surface area contributed by atoms with Gasteiger partial charge in [-0.25, -0.2) is 14.4 Å². The number of esters is 1. The molecule has 3 N–H and O–H groups in total. The molecule has 2 aliphatic rings. The Kier molecular flexibility index (Phi) is 7.02. The summed E-state index contributed by atoms with van der Waals surface area (Å²) in [4.78, 5) is 24.8. The highest BCUT2D eigenvalue weighted by molar-refractivity contribution is 5.94. The highest BCUT2D eigenvalue weighted by atomic mass is 19.1. The Labute approximate surface area is 192 Å². The van der Waals surface area contributed by atoms with Crippen LogP contribution in [0, 0.1) is 11.2 Å². The van der Waals surface area contributed by atoms with Crippen LogP contribution >= 0.6 is 0 Å². The minimum atomic E-state index is -0.644. The molecule has 1 aromatic carbocycles. The predicted octanol–water partition coefficient (Wildman–Crippen LogP) is 2.20. The maximum Gasteiger partial charge on any atom is 0.313 e. The fraction of sp³-hybridized carbons (Fsp3) is 0.478. The molecule has 2 aliphatic heterocycles.